The number of hydrogen-bond acceptors (Lipinski definition) is 25. The van der Waals surface area contributed by atoms with Gasteiger partial charge in [-0.15, -0.1) is 0 Å². The lowest BCUT2D eigenvalue weighted by Gasteiger charge is -2.38. The number of amides is 6. The highest BCUT2D eigenvalue weighted by atomic mass is 16.5. The molecule has 19 rings (SSSR count). The van der Waals surface area contributed by atoms with E-state index in [1.165, 1.54) is 41.8 Å². The van der Waals surface area contributed by atoms with Crippen LogP contribution in [0, 0.1) is 41.5 Å². The number of fused-ring (bicyclic) bond motifs is 3. The summed E-state index contributed by atoms with van der Waals surface area (Å²) in [6.45, 7) is 28.7. The summed E-state index contributed by atoms with van der Waals surface area (Å²) >= 11 is 0. The van der Waals surface area contributed by atoms with E-state index in [4.69, 9.17) is 48.4 Å². The van der Waals surface area contributed by atoms with Gasteiger partial charge in [0.15, 0.2) is 11.6 Å². The number of likely N-dealkylation sites (N-methyl/N-ethyl adjacent to an activating group) is 3. The Balaban J connectivity index is 0.000000142. The molecule has 11 heterocycles. The molecule has 6 amide bonds. The number of para-hydroxylation sites is 3. The molecule has 4 aromatic heterocycles. The zero-order chi connectivity index (χ0) is 95.0. The molecule has 7 aliphatic rings. The number of rotatable bonds is 23. The van der Waals surface area contributed by atoms with Crippen molar-refractivity contribution in [2.24, 2.45) is 0 Å². The third-order valence-electron chi connectivity index (χ3n) is 26.5. The Kier molecular flexibility index (Phi) is 28.6. The SMILES string of the molecule is COc1ccc(N2C(=O)N(c3c(C)cccc3C)Cc3cnc(Cc4cc(N5CCCCC5)cc(N5CCN(C)CC5)c4)nc32)c(OC)c1.COc1ccc(N2C(=O)N(c3c(C)cccc3C)Cc3cnc(Nc4ccc(CN5CCN(C)CC5)cc4)nc32)nc1.COc1ccc(N2C(=O)N(c3c(C)cccc3C)Cc3cnc(Nc4ccc(N5CCN(C)CC5)cc4OC)nc32)c(OC)c1. The molecule has 31 nitrogen and oxygen atoms in total. The maximum Gasteiger partial charge on any atom is 0.336 e. The van der Waals surface area contributed by atoms with Crippen molar-refractivity contribution in [1.82, 2.24) is 54.5 Å². The summed E-state index contributed by atoms with van der Waals surface area (Å²) in [7, 11) is 16.1. The normalized spacial score (nSPS) is 16.1. The lowest BCUT2D eigenvalue weighted by molar-refractivity contribution is 0.148. The smallest absolute Gasteiger partial charge is 0.336 e. The highest BCUT2D eigenvalue weighted by Crippen LogP contribution is 2.47. The number of methoxy groups -OCH3 is 6. The average molecular weight is 1840 g/mol. The number of piperazine rings is 3. The van der Waals surface area contributed by atoms with Gasteiger partial charge < -0.3 is 68.5 Å². The molecule has 0 bridgehead atoms. The van der Waals surface area contributed by atoms with Gasteiger partial charge in [0.25, 0.3) is 0 Å². The van der Waals surface area contributed by atoms with Gasteiger partial charge in [0.2, 0.25) is 11.9 Å². The van der Waals surface area contributed by atoms with Gasteiger partial charge in [-0.3, -0.25) is 19.6 Å². The number of ether oxygens (including phenoxy) is 6. The molecule has 706 valence electrons. The minimum absolute atomic E-state index is 0.192. The summed E-state index contributed by atoms with van der Waals surface area (Å²) < 4.78 is 33.5. The van der Waals surface area contributed by atoms with Gasteiger partial charge in [-0.25, -0.2) is 54.0 Å². The zero-order valence-corrected chi connectivity index (χ0v) is 80.6. The Morgan fingerprint density at radius 3 is 1.24 bits per heavy atom. The monoisotopic (exact) mass is 1830 g/mol. The summed E-state index contributed by atoms with van der Waals surface area (Å²) in [6, 6.07) is 53.3. The highest BCUT2D eigenvalue weighted by Gasteiger charge is 2.41. The van der Waals surface area contributed by atoms with Crippen LogP contribution in [0.1, 0.15) is 86.3 Å². The first-order chi connectivity index (χ1) is 66.0. The van der Waals surface area contributed by atoms with Crippen LogP contribution >= 0.6 is 0 Å². The molecule has 7 aliphatic heterocycles. The van der Waals surface area contributed by atoms with Crippen LogP contribution in [0.25, 0.3) is 0 Å². The second kappa shape index (κ2) is 41.6. The number of urea groups is 3. The first kappa shape index (κ1) is 93.4. The Labute approximate surface area is 796 Å². The maximum absolute atomic E-state index is 14.6. The lowest BCUT2D eigenvalue weighted by Crippen LogP contribution is -2.46. The minimum Gasteiger partial charge on any atom is -0.497 e. The van der Waals surface area contributed by atoms with Gasteiger partial charge in [-0.2, -0.15) is 9.97 Å². The van der Waals surface area contributed by atoms with E-state index in [0.717, 1.165) is 182 Å². The van der Waals surface area contributed by atoms with Crippen LogP contribution in [-0.4, -0.2) is 228 Å². The van der Waals surface area contributed by atoms with Crippen molar-refractivity contribution in [3.63, 3.8) is 0 Å². The predicted molar refractivity (Wildman–Crippen MR) is 538 cm³/mol. The molecule has 2 N–H and O–H groups in total. The van der Waals surface area contributed by atoms with Gasteiger partial charge in [0, 0.05) is 181 Å². The number of benzene rings is 8. The second-order valence-corrected chi connectivity index (χ2v) is 35.8. The number of aromatic nitrogens is 7. The van der Waals surface area contributed by atoms with Gasteiger partial charge in [0.1, 0.15) is 52.0 Å². The largest absolute Gasteiger partial charge is 0.497 e. The number of pyridine rings is 1. The topological polar surface area (TPSA) is 263 Å². The molecule has 0 atom stereocenters. The molecule has 4 saturated heterocycles. The van der Waals surface area contributed by atoms with Crippen LogP contribution in [0.2, 0.25) is 0 Å². The molecule has 0 aliphatic carbocycles. The molecule has 0 unspecified atom stereocenters. The number of nitrogens with zero attached hydrogens (tertiary/aromatic N) is 20. The Morgan fingerprint density at radius 1 is 0.346 bits per heavy atom. The molecule has 0 saturated carbocycles. The van der Waals surface area contributed by atoms with Gasteiger partial charge in [-0.05, 0) is 205 Å². The molecular weight excluding hydrogens is 1710 g/mol. The number of piperidine rings is 1. The number of nitrogens with one attached hydrogen (secondary N) is 2. The van der Waals surface area contributed by atoms with E-state index in [1.54, 1.807) is 116 Å². The Morgan fingerprint density at radius 2 is 0.772 bits per heavy atom. The fraction of sp³-hybridized carbons (Fsp3) is 0.352. The minimum atomic E-state index is -0.248. The summed E-state index contributed by atoms with van der Waals surface area (Å²) in [5, 5.41) is 6.65. The molecule has 0 radical (unpaired) electrons. The number of aryl methyl sites for hydroxylation is 6. The van der Waals surface area contributed by atoms with E-state index >= 15 is 0 Å². The van der Waals surface area contributed by atoms with Gasteiger partial charge in [-0.1, -0.05) is 66.7 Å². The summed E-state index contributed by atoms with van der Waals surface area (Å²) in [5.41, 5.74) is 20.0. The molecule has 136 heavy (non-hydrogen) atoms. The van der Waals surface area contributed by atoms with Crippen LogP contribution in [0.3, 0.4) is 0 Å². The van der Waals surface area contributed by atoms with Crippen LogP contribution in [0.5, 0.6) is 34.5 Å². The first-order valence-corrected chi connectivity index (χ1v) is 46.6. The van der Waals surface area contributed by atoms with Crippen LogP contribution in [0.4, 0.5) is 106 Å². The van der Waals surface area contributed by atoms with E-state index < -0.39 is 0 Å². The van der Waals surface area contributed by atoms with E-state index in [1.807, 2.05) is 150 Å². The van der Waals surface area contributed by atoms with Crippen LogP contribution < -0.4 is 83.2 Å². The first-order valence-electron chi connectivity index (χ1n) is 46.6. The fourth-order valence-corrected chi connectivity index (χ4v) is 18.9. The predicted octanol–water partition coefficient (Wildman–Crippen LogP) is 17.9. The molecule has 31 heteroatoms. The average Bonchev–Trinajstić information content (AvgIpc) is 0.732. The van der Waals surface area contributed by atoms with E-state index in [0.29, 0.717) is 113 Å². The van der Waals surface area contributed by atoms with Crippen molar-refractivity contribution in [3.05, 3.63) is 256 Å². The third-order valence-corrected chi connectivity index (χ3v) is 26.5. The fourth-order valence-electron chi connectivity index (χ4n) is 18.9. The van der Waals surface area contributed by atoms with Crippen molar-refractivity contribution in [3.8, 4) is 34.5 Å². The summed E-state index contributed by atoms with van der Waals surface area (Å²) in [4.78, 5) is 104. The molecule has 0 spiro atoms. The molecule has 8 aromatic carbocycles. The van der Waals surface area contributed by atoms with Crippen molar-refractivity contribution in [1.29, 1.82) is 0 Å². The number of hydrogen-bond donors (Lipinski definition) is 2. The van der Waals surface area contributed by atoms with Crippen LogP contribution in [0.15, 0.2) is 189 Å². The number of anilines is 16. The number of carbonyl (C=O) groups excluding carboxylic acids is 3. The van der Waals surface area contributed by atoms with Crippen molar-refractivity contribution >= 4 is 110 Å². The van der Waals surface area contributed by atoms with Gasteiger partial charge in [0.05, 0.1) is 103 Å². The molecule has 4 fully saturated rings. The van der Waals surface area contributed by atoms with E-state index in [2.05, 4.69) is 117 Å². The second-order valence-electron chi connectivity index (χ2n) is 35.8. The lowest BCUT2D eigenvalue weighted by atomic mass is 10.0. The third kappa shape index (κ3) is 20.3. The van der Waals surface area contributed by atoms with E-state index in [9.17, 15) is 14.4 Å². The van der Waals surface area contributed by atoms with Crippen molar-refractivity contribution in [2.45, 2.75) is 93.4 Å². The van der Waals surface area contributed by atoms with Crippen molar-refractivity contribution < 1.29 is 42.8 Å². The van der Waals surface area contributed by atoms with Gasteiger partial charge >= 0.3 is 18.1 Å². The Hall–Kier alpha value is -14.4. The zero-order valence-electron chi connectivity index (χ0n) is 80.6. The molecular formula is C105H122N22O9. The summed E-state index contributed by atoms with van der Waals surface area (Å²) in [6.07, 6.45) is 11.3. The molecule has 12 aromatic rings. The van der Waals surface area contributed by atoms with Crippen molar-refractivity contribution in [2.75, 3.05) is 210 Å². The summed E-state index contributed by atoms with van der Waals surface area (Å²) in [5.74, 6) is 6.97. The highest BCUT2D eigenvalue weighted by molar-refractivity contribution is 6.14. The standard InChI is InChI=1S/C39H47N7O3.C34H39N7O4.C32H36N8O2/c1-27-10-9-11-28(2)37(27)45-26-30-25-40-36(41-38(30)46(39(45)47)34-13-12-33(48-4)24-35(34)49-5)22-29-20-31(43-14-7-6-8-15-43)23-32(21-29)44-18-16-42(3)17-19-44;1-22-8-7-9-23(2)31(22)40-21-24-20-35-33(36-27-12-10-25(18-29(27)44-5)39-16-14-38(3)15-17-39)37-32(24)41(34(40)42)28-13-11-26(43-4)19-30(28)45-6;1-22-6-5-7-23(2)29(22)39-21-25-18-34-31(36-30(25)40(32(39)41)28-13-12-27(42-4)19-33-28)35-26-10-8-24(9-11-26)20-38-16-14-37(3)15-17-38/h9-13,20-21,23-25H,6-8,14-19,22,26H2,1-5H3;7-13,18-20H,14-17,21H2,1-6H3,(H,35,36,37);5-13,18-19H,14-17,20-21H2,1-4H3,(H,34,35,36). The van der Waals surface area contributed by atoms with Crippen LogP contribution in [-0.2, 0) is 32.6 Å². The number of carbonyl (C=O) groups is 3. The Bertz CT molecular complexity index is 6260. The quantitative estimate of drug-likeness (QED) is 0.0603. The maximum atomic E-state index is 14.6. The van der Waals surface area contributed by atoms with E-state index in [-0.39, 0.29) is 18.1 Å².